The number of aliphatic hydroxyl groups is 1. The SMILES string of the molecule is C=C(NC(=O)C(=C)NC(=O)c1csc(-c2ccc3c(n2)-c2csc(n2)-c2csc(n2)[C@@H]2[C@H](C)C[C@@H](O)N2C(=O)[C@H](Cc2ccc(O)cc2)NC(=O)[C@@H]2CSC(=N2)[C@H](Cc2ccccc2)NC(=O)c2csc(n2)[C@H](CC(N)=O)NC(=O)c2nc-3oc2C)n1)C(=O)O. The predicted octanol–water partition coefficient (Wildman–Crippen LogP) is 5.71. The third-order valence-electron chi connectivity index (χ3n) is 14.5. The van der Waals surface area contributed by atoms with Crippen LogP contribution in [-0.4, -0.2) is 133 Å². The number of aromatic hydroxyl groups is 1. The normalized spacial score (nSPS) is 20.2. The number of primary amides is 1. The summed E-state index contributed by atoms with van der Waals surface area (Å²) in [6, 6.07) is 13.7. The van der Waals surface area contributed by atoms with Crippen molar-refractivity contribution in [2.24, 2.45) is 16.6 Å². The first-order chi connectivity index (χ1) is 43.1. The summed E-state index contributed by atoms with van der Waals surface area (Å²) >= 11 is 5.74. The molecule has 3 aliphatic rings. The molecule has 0 spiro atoms. The molecule has 0 aliphatic carbocycles. The number of nitrogens with zero attached hydrogens (tertiary/aromatic N) is 8. The molecule has 10 N–H and O–H groups in total. The second-order valence-corrected chi connectivity index (χ2v) is 25.5. The molecule has 460 valence electrons. The second kappa shape index (κ2) is 26.2. The van der Waals surface area contributed by atoms with E-state index in [0.29, 0.717) is 26.3 Å². The number of benzene rings is 2. The first-order valence-electron chi connectivity index (χ1n) is 27.4. The van der Waals surface area contributed by atoms with Crippen molar-refractivity contribution in [3.05, 3.63) is 157 Å². The number of thiazole rings is 4. The highest BCUT2D eigenvalue weighted by Crippen LogP contribution is 2.44. The average Bonchev–Trinajstić information content (AvgIpc) is 1.69. The molecule has 26 nitrogen and oxygen atoms in total. The van der Waals surface area contributed by atoms with Crippen molar-refractivity contribution in [1.29, 1.82) is 0 Å². The van der Waals surface area contributed by atoms with Gasteiger partial charge in [-0.3, -0.25) is 38.6 Å². The molecule has 6 aromatic heterocycles. The van der Waals surface area contributed by atoms with Crippen LogP contribution in [0, 0.1) is 12.8 Å². The number of carboxylic acid groups (broad SMARTS) is 1. The molecule has 8 aromatic rings. The Balaban J connectivity index is 0.983. The minimum Gasteiger partial charge on any atom is -0.508 e. The molecule has 2 aromatic carbocycles. The summed E-state index contributed by atoms with van der Waals surface area (Å²) in [4.78, 5) is 143. The van der Waals surface area contributed by atoms with Crippen LogP contribution in [0.4, 0.5) is 0 Å². The second-order valence-electron chi connectivity index (χ2n) is 20.9. The number of nitrogens with one attached hydrogen (secondary N) is 5. The lowest BCUT2D eigenvalue weighted by atomic mass is 10.0. The number of carbonyl (C=O) groups excluding carboxylic acids is 7. The number of phenols is 1. The van der Waals surface area contributed by atoms with Gasteiger partial charge in [0.15, 0.2) is 5.69 Å². The van der Waals surface area contributed by atoms with Gasteiger partial charge in [0.1, 0.15) is 84.0 Å². The van der Waals surface area contributed by atoms with Gasteiger partial charge in [0, 0.05) is 33.7 Å². The summed E-state index contributed by atoms with van der Waals surface area (Å²) in [6.07, 6.45) is -1.29. The van der Waals surface area contributed by atoms with Crippen molar-refractivity contribution in [3.8, 4) is 50.0 Å². The van der Waals surface area contributed by atoms with Gasteiger partial charge < -0.3 is 57.0 Å². The number of aryl methyl sites for hydroxylation is 1. The van der Waals surface area contributed by atoms with Crippen LogP contribution in [-0.2, 0) is 36.8 Å². The van der Waals surface area contributed by atoms with E-state index in [0.717, 1.165) is 28.2 Å². The maximum Gasteiger partial charge on any atom is 0.351 e. The van der Waals surface area contributed by atoms with Crippen molar-refractivity contribution >= 4 is 109 Å². The summed E-state index contributed by atoms with van der Waals surface area (Å²) in [5.41, 5.74) is 7.00. The van der Waals surface area contributed by atoms with Gasteiger partial charge in [-0.1, -0.05) is 62.5 Å². The number of amides is 7. The maximum absolute atomic E-state index is 15.2. The number of fused-ring (bicyclic) bond motifs is 15. The molecule has 7 amide bonds. The van der Waals surface area contributed by atoms with Crippen molar-refractivity contribution in [2.75, 3.05) is 5.75 Å². The Labute approximate surface area is 531 Å². The van der Waals surface area contributed by atoms with Crippen LogP contribution >= 0.6 is 57.1 Å². The van der Waals surface area contributed by atoms with Gasteiger partial charge in [-0.05, 0) is 61.1 Å². The van der Waals surface area contributed by atoms with Gasteiger partial charge in [0.05, 0.1) is 46.5 Å². The highest BCUT2D eigenvalue weighted by Gasteiger charge is 2.46. The Morgan fingerprint density at radius 3 is 2.16 bits per heavy atom. The number of thioether (sulfide) groups is 1. The molecule has 90 heavy (non-hydrogen) atoms. The number of hydrogen-bond donors (Lipinski definition) is 9. The van der Waals surface area contributed by atoms with Gasteiger partial charge in [-0.15, -0.1) is 57.1 Å². The summed E-state index contributed by atoms with van der Waals surface area (Å²) in [5, 5.41) is 52.2. The largest absolute Gasteiger partial charge is 0.508 e. The van der Waals surface area contributed by atoms with E-state index in [4.69, 9.17) is 35.2 Å². The van der Waals surface area contributed by atoms with Gasteiger partial charge in [-0.25, -0.2) is 34.7 Å². The lowest BCUT2D eigenvalue weighted by Crippen LogP contribution is -2.53. The zero-order valence-corrected chi connectivity index (χ0v) is 51.4. The van der Waals surface area contributed by atoms with E-state index in [9.17, 15) is 43.8 Å². The Hall–Kier alpha value is -9.66. The van der Waals surface area contributed by atoms with E-state index >= 15 is 4.79 Å². The van der Waals surface area contributed by atoms with Crippen LogP contribution in [0.3, 0.4) is 0 Å². The lowest BCUT2D eigenvalue weighted by molar-refractivity contribution is -0.145. The van der Waals surface area contributed by atoms with Crippen LogP contribution in [0.25, 0.3) is 44.2 Å². The number of phenolic OH excluding ortho intramolecular Hbond substituents is 1. The molecule has 1 fully saturated rings. The van der Waals surface area contributed by atoms with Gasteiger partial charge in [-0.2, -0.15) is 0 Å². The summed E-state index contributed by atoms with van der Waals surface area (Å²) in [6.45, 7) is 10.2. The predicted molar refractivity (Wildman–Crippen MR) is 334 cm³/mol. The number of aliphatic imine (C=N–C) groups is 1. The number of hydrogen-bond acceptors (Lipinski definition) is 23. The first kappa shape index (κ1) is 62.0. The van der Waals surface area contributed by atoms with Crippen LogP contribution in [0.5, 0.6) is 5.75 Å². The Morgan fingerprint density at radius 1 is 0.722 bits per heavy atom. The Bertz CT molecular complexity index is 4230. The number of pyridine rings is 1. The smallest absolute Gasteiger partial charge is 0.351 e. The number of aromatic nitrogens is 6. The summed E-state index contributed by atoms with van der Waals surface area (Å²) < 4.78 is 6.21. The standard InChI is InChI=1S/C59H52N14O12S5/c1-25-16-43(76)73-46(25)57-71-41(24-90-57)56-67-37(20-86-56)45-32(14-15-33(63-45)53-68-38(21-87-53)48(78)61-26(2)47(77)62-27(3)59(83)84)52-72-44(28(4)85-52)51(81)65-35(19-42(60)75)55-70-39(22-89-55)49(79)64-34(17-29-8-6-5-7-9-29)54-69-40(23-88-54)50(80)66-36(58(73)82)18-30-10-12-31(74)13-11-30/h5-15,20-22,24-25,34-36,40,43,46,74,76H,2-3,16-19,23H2,1,4H3,(H2,60,75)(H,61,78)(H,62,77)(H,64,79)(H,65,81)(H,66,80)(H,83,84)/t25-,34+,35+,36+,40+,43-,46+/m1/s1. The molecular formula is C59H52N14O12S5. The fourth-order valence-electron chi connectivity index (χ4n) is 10.1. The van der Waals surface area contributed by atoms with E-state index in [-0.39, 0.29) is 98.1 Å². The number of carbonyl (C=O) groups is 8. The van der Waals surface area contributed by atoms with Crippen molar-refractivity contribution in [1.82, 2.24) is 61.4 Å². The van der Waals surface area contributed by atoms with Crippen molar-refractivity contribution in [3.63, 3.8) is 0 Å². The number of carboxylic acids is 1. The van der Waals surface area contributed by atoms with E-state index in [2.05, 4.69) is 49.4 Å². The minimum absolute atomic E-state index is 0.00465. The van der Waals surface area contributed by atoms with Crippen molar-refractivity contribution in [2.45, 2.75) is 76.0 Å². The highest BCUT2D eigenvalue weighted by atomic mass is 32.2. The number of aliphatic carboxylic acids is 1. The zero-order valence-electron chi connectivity index (χ0n) is 47.4. The van der Waals surface area contributed by atoms with E-state index in [1.807, 2.05) is 42.6 Å². The number of oxazole rings is 1. The molecule has 9 heterocycles. The van der Waals surface area contributed by atoms with E-state index < -0.39 is 102 Å². The molecule has 0 radical (unpaired) electrons. The fourth-order valence-corrected chi connectivity index (χ4v) is 14.7. The fraction of sp³-hybridized carbons (Fsp3) is 0.237. The molecule has 7 atom stereocenters. The lowest BCUT2D eigenvalue weighted by Gasteiger charge is -2.32. The van der Waals surface area contributed by atoms with Crippen LogP contribution < -0.4 is 32.3 Å². The average molecular weight is 1310 g/mol. The Kier molecular flexibility index (Phi) is 18.0. The molecule has 10 bridgehead atoms. The van der Waals surface area contributed by atoms with Crippen LogP contribution in [0.1, 0.15) is 90.2 Å². The number of aliphatic hydroxyl groups excluding tert-OH is 1. The highest BCUT2D eigenvalue weighted by molar-refractivity contribution is 8.14. The molecule has 31 heteroatoms. The molecule has 0 saturated carbocycles. The molecule has 11 rings (SSSR count). The quantitative estimate of drug-likeness (QED) is 0.0662. The van der Waals surface area contributed by atoms with Gasteiger partial charge >= 0.3 is 5.97 Å². The van der Waals surface area contributed by atoms with Crippen molar-refractivity contribution < 1.29 is 58.1 Å². The van der Waals surface area contributed by atoms with Gasteiger partial charge in [0.25, 0.3) is 23.6 Å². The van der Waals surface area contributed by atoms with E-state index in [1.54, 1.807) is 35.0 Å². The molecular weight excluding hydrogens is 1260 g/mol. The third-order valence-corrected chi connectivity index (χ3v) is 19.3. The first-order valence-corrected chi connectivity index (χ1v) is 31.9. The van der Waals surface area contributed by atoms with E-state index in [1.165, 1.54) is 69.2 Å². The minimum atomic E-state index is -1.49. The summed E-state index contributed by atoms with van der Waals surface area (Å²) in [5.74, 6) is -6.92. The van der Waals surface area contributed by atoms with Gasteiger partial charge in [0.2, 0.25) is 23.6 Å². The Morgan fingerprint density at radius 2 is 1.40 bits per heavy atom. The zero-order chi connectivity index (χ0) is 63.7. The number of nitrogens with two attached hydrogens (primary N) is 1. The summed E-state index contributed by atoms with van der Waals surface area (Å²) in [7, 11) is 0. The van der Waals surface area contributed by atoms with Crippen LogP contribution in [0.15, 0.2) is 122 Å². The maximum atomic E-state index is 15.2. The third kappa shape index (κ3) is 13.5. The molecule has 3 aliphatic heterocycles. The molecule has 0 unspecified atom stereocenters. The monoisotopic (exact) mass is 1310 g/mol. The molecule has 1 saturated heterocycles. The van der Waals surface area contributed by atoms with Crippen LogP contribution in [0.2, 0.25) is 0 Å². The topological polar surface area (TPSA) is 389 Å². The number of rotatable bonds is 12.